The molecule has 0 N–H and O–H groups in total. The second-order valence-electron chi connectivity index (χ2n) is 11.7. The number of aromatic nitrogens is 1. The van der Waals surface area contributed by atoms with Crippen LogP contribution in [0, 0.1) is 5.92 Å². The Kier molecular flexibility index (Phi) is 11.1. The molecule has 1 aromatic carbocycles. The lowest BCUT2D eigenvalue weighted by Gasteiger charge is -2.36. The molecule has 1 saturated heterocycles. The smallest absolute Gasteiger partial charge is 0.311 e. The molecule has 38 heavy (non-hydrogen) atoms. The van der Waals surface area contributed by atoms with Gasteiger partial charge in [-0.05, 0) is 88.3 Å². The second kappa shape index (κ2) is 13.8. The fourth-order valence-corrected chi connectivity index (χ4v) is 5.85. The number of piperidine rings is 1. The van der Waals surface area contributed by atoms with Crippen molar-refractivity contribution in [3.05, 3.63) is 41.7 Å². The van der Waals surface area contributed by atoms with E-state index in [9.17, 15) is 4.79 Å². The molecule has 0 radical (unpaired) electrons. The average Bonchev–Trinajstić information content (AvgIpc) is 2.88. The second-order valence-corrected chi connectivity index (χ2v) is 11.7. The lowest BCUT2D eigenvalue weighted by molar-refractivity contribution is -0.134. The van der Waals surface area contributed by atoms with E-state index >= 15 is 0 Å². The van der Waals surface area contributed by atoms with Crippen LogP contribution in [0.3, 0.4) is 0 Å². The number of likely N-dealkylation sites (tertiary alicyclic amines) is 1. The van der Waals surface area contributed by atoms with Crippen molar-refractivity contribution in [1.82, 2.24) is 9.88 Å². The summed E-state index contributed by atoms with van der Waals surface area (Å²) >= 11 is 0. The van der Waals surface area contributed by atoms with Gasteiger partial charge in [0.15, 0.2) is 0 Å². The van der Waals surface area contributed by atoms with Gasteiger partial charge in [0.2, 0.25) is 0 Å². The number of benzene rings is 1. The monoisotopic (exact) mass is 542 g/mol. The zero-order valence-corrected chi connectivity index (χ0v) is 24.9. The minimum atomic E-state index is -0.490. The van der Waals surface area contributed by atoms with E-state index in [0.717, 1.165) is 48.5 Å². The van der Waals surface area contributed by atoms with Crippen molar-refractivity contribution in [3.8, 4) is 22.6 Å². The number of hydrogen-bond donors (Lipinski definition) is 0. The predicted molar refractivity (Wildman–Crippen MR) is 157 cm³/mol. The van der Waals surface area contributed by atoms with E-state index in [1.807, 2.05) is 12.3 Å². The lowest BCUT2D eigenvalue weighted by atomic mass is 9.82. The number of halogens is 1. The number of ether oxygens (including phenoxy) is 2. The van der Waals surface area contributed by atoms with Gasteiger partial charge in [-0.1, -0.05) is 52.9 Å². The number of fused-ring (bicyclic) bond motifs is 3. The van der Waals surface area contributed by atoms with E-state index in [1.54, 1.807) is 6.20 Å². The van der Waals surface area contributed by atoms with E-state index in [1.165, 1.54) is 50.5 Å². The van der Waals surface area contributed by atoms with Crippen LogP contribution in [0.5, 0.6) is 11.5 Å². The highest BCUT2D eigenvalue weighted by molar-refractivity contribution is 5.85. The summed E-state index contributed by atoms with van der Waals surface area (Å²) in [7, 11) is 0. The third kappa shape index (κ3) is 7.30. The van der Waals surface area contributed by atoms with E-state index in [4.69, 9.17) is 9.47 Å². The Morgan fingerprint density at radius 3 is 2.63 bits per heavy atom. The molecule has 210 valence electrons. The van der Waals surface area contributed by atoms with Crippen molar-refractivity contribution in [1.29, 1.82) is 0 Å². The summed E-state index contributed by atoms with van der Waals surface area (Å²) < 4.78 is 12.7. The molecule has 3 heterocycles. The normalized spacial score (nSPS) is 17.8. The van der Waals surface area contributed by atoms with Gasteiger partial charge in [-0.25, -0.2) is 0 Å². The highest BCUT2D eigenvalue weighted by atomic mass is 35.5. The molecule has 0 amide bonds. The Labute approximate surface area is 236 Å². The van der Waals surface area contributed by atoms with Crippen LogP contribution in [0.2, 0.25) is 0 Å². The number of pyridine rings is 1. The fourth-order valence-electron chi connectivity index (χ4n) is 5.85. The average molecular weight is 543 g/mol. The minimum absolute atomic E-state index is 0. The third-order valence-electron chi connectivity index (χ3n) is 8.36. The molecule has 1 fully saturated rings. The van der Waals surface area contributed by atoms with Crippen molar-refractivity contribution in [2.24, 2.45) is 5.92 Å². The maximum absolute atomic E-state index is 13.1. The minimum Gasteiger partial charge on any atom is -0.482 e. The molecule has 2 aromatic rings. The lowest BCUT2D eigenvalue weighted by Crippen LogP contribution is -2.31. The standard InChI is InChI=1S/C32H46N2O3.ClH/c1-6-7-9-13-23(2)24(3)25-20-28(36-30(35)14-12-19-34-17-10-8-11-18-34)31-26-22-33-16-15-27(26)32(4,5)37-29(31)21-25;/h15-16,20-24H,6-14,17-19H2,1-5H3;1H. The molecule has 1 aromatic heterocycles. The van der Waals surface area contributed by atoms with Crippen LogP contribution in [-0.4, -0.2) is 35.5 Å². The molecular formula is C32H47ClN2O3. The van der Waals surface area contributed by atoms with Crippen LogP contribution in [0.4, 0.5) is 0 Å². The van der Waals surface area contributed by atoms with Crippen LogP contribution >= 0.6 is 12.4 Å². The van der Waals surface area contributed by atoms with Gasteiger partial charge in [-0.15, -0.1) is 12.4 Å². The van der Waals surface area contributed by atoms with E-state index in [-0.39, 0.29) is 18.4 Å². The van der Waals surface area contributed by atoms with E-state index in [2.05, 4.69) is 56.6 Å². The zero-order chi connectivity index (χ0) is 26.4. The van der Waals surface area contributed by atoms with Crippen molar-refractivity contribution in [2.75, 3.05) is 19.6 Å². The highest BCUT2D eigenvalue weighted by Gasteiger charge is 2.35. The first-order valence-corrected chi connectivity index (χ1v) is 14.5. The number of carbonyl (C=O) groups excluding carboxylic acids is 1. The number of esters is 1. The largest absolute Gasteiger partial charge is 0.482 e. The fraction of sp³-hybridized carbons (Fsp3) is 0.625. The Bertz CT molecular complexity index is 1060. The Balaban J connectivity index is 0.00000400. The van der Waals surface area contributed by atoms with Crippen molar-refractivity contribution in [2.45, 2.75) is 104 Å². The molecule has 0 spiro atoms. The van der Waals surface area contributed by atoms with Crippen LogP contribution < -0.4 is 9.47 Å². The summed E-state index contributed by atoms with van der Waals surface area (Å²) in [6.07, 6.45) is 13.7. The highest BCUT2D eigenvalue weighted by Crippen LogP contribution is 2.50. The van der Waals surface area contributed by atoms with Crippen molar-refractivity contribution in [3.63, 3.8) is 0 Å². The number of rotatable bonds is 11. The molecule has 6 heteroatoms. The van der Waals surface area contributed by atoms with Gasteiger partial charge in [-0.2, -0.15) is 0 Å². The molecule has 5 nitrogen and oxygen atoms in total. The van der Waals surface area contributed by atoms with Gasteiger partial charge < -0.3 is 14.4 Å². The molecule has 4 rings (SSSR count). The quantitative estimate of drug-likeness (QED) is 0.162. The van der Waals surface area contributed by atoms with Gasteiger partial charge >= 0.3 is 5.97 Å². The third-order valence-corrected chi connectivity index (χ3v) is 8.36. The Hall–Kier alpha value is -2.11. The summed E-state index contributed by atoms with van der Waals surface area (Å²) in [5.74, 6) is 2.08. The molecular weight excluding hydrogens is 496 g/mol. The number of carbonyl (C=O) groups is 1. The first-order chi connectivity index (χ1) is 17.8. The Morgan fingerprint density at radius 1 is 1.13 bits per heavy atom. The number of nitrogens with zero attached hydrogens (tertiary/aromatic N) is 2. The molecule has 2 unspecified atom stereocenters. The summed E-state index contributed by atoms with van der Waals surface area (Å²) in [4.78, 5) is 20.0. The molecule has 2 aliphatic heterocycles. The SMILES string of the molecule is CCCCCC(C)C(C)c1cc(OC(=O)CCCN2CCCCC2)c2c(c1)OC(C)(C)c1ccncc1-2.Cl. The molecule has 0 bridgehead atoms. The van der Waals surface area contributed by atoms with Gasteiger partial charge in [0.25, 0.3) is 0 Å². The van der Waals surface area contributed by atoms with Gasteiger partial charge in [0, 0.05) is 29.9 Å². The van der Waals surface area contributed by atoms with Gasteiger partial charge in [0.1, 0.15) is 17.1 Å². The van der Waals surface area contributed by atoms with E-state index < -0.39 is 5.60 Å². The summed E-state index contributed by atoms with van der Waals surface area (Å²) in [5.41, 5.74) is 3.57. The van der Waals surface area contributed by atoms with Gasteiger partial charge in [0.05, 0.1) is 5.56 Å². The van der Waals surface area contributed by atoms with Crippen LogP contribution in [-0.2, 0) is 10.4 Å². The molecule has 0 saturated carbocycles. The van der Waals surface area contributed by atoms with Crippen molar-refractivity contribution >= 4 is 18.4 Å². The molecule has 0 aliphatic carbocycles. The van der Waals surface area contributed by atoms with Crippen molar-refractivity contribution < 1.29 is 14.3 Å². The maximum atomic E-state index is 13.1. The predicted octanol–water partition coefficient (Wildman–Crippen LogP) is 8.29. The number of unbranched alkanes of at least 4 members (excludes halogenated alkanes) is 2. The maximum Gasteiger partial charge on any atom is 0.311 e. The van der Waals surface area contributed by atoms with Crippen LogP contribution in [0.1, 0.15) is 109 Å². The van der Waals surface area contributed by atoms with E-state index in [0.29, 0.717) is 24.0 Å². The Morgan fingerprint density at radius 2 is 1.89 bits per heavy atom. The molecule has 2 atom stereocenters. The van der Waals surface area contributed by atoms with Crippen LogP contribution in [0.25, 0.3) is 11.1 Å². The summed E-state index contributed by atoms with van der Waals surface area (Å²) in [6.45, 7) is 14.3. The topological polar surface area (TPSA) is 51.7 Å². The number of hydrogen-bond acceptors (Lipinski definition) is 5. The summed E-state index contributed by atoms with van der Waals surface area (Å²) in [6, 6.07) is 6.26. The first kappa shape index (κ1) is 30.4. The summed E-state index contributed by atoms with van der Waals surface area (Å²) in [5, 5.41) is 0. The van der Waals surface area contributed by atoms with Crippen LogP contribution in [0.15, 0.2) is 30.6 Å². The first-order valence-electron chi connectivity index (χ1n) is 14.5. The van der Waals surface area contributed by atoms with Gasteiger partial charge in [-0.3, -0.25) is 9.78 Å². The molecule has 2 aliphatic rings. The zero-order valence-electron chi connectivity index (χ0n) is 24.1.